The topological polar surface area (TPSA) is 50.7 Å². The minimum Gasteiger partial charge on any atom is -0.497 e. The predicted molar refractivity (Wildman–Crippen MR) is 88.9 cm³/mol. The normalized spacial score (nSPS) is 10.7. The molecular formula is C16H14Cl2N2O2. The number of hydrazone groups is 1. The molecule has 0 saturated carbocycles. The highest BCUT2D eigenvalue weighted by molar-refractivity contribution is 6.38. The molecule has 2 aromatic carbocycles. The van der Waals surface area contributed by atoms with Gasteiger partial charge in [0.2, 0.25) is 5.91 Å². The van der Waals surface area contributed by atoms with Gasteiger partial charge in [-0.15, -0.1) is 0 Å². The third kappa shape index (κ3) is 4.48. The minimum absolute atomic E-state index is 0.220. The Kier molecular flexibility index (Phi) is 5.81. The lowest BCUT2D eigenvalue weighted by atomic mass is 10.1. The fraction of sp³-hybridized carbons (Fsp3) is 0.125. The number of nitrogens with one attached hydrogen (secondary N) is 1. The van der Waals surface area contributed by atoms with Crippen LogP contribution in [-0.2, 0) is 11.2 Å². The number of halogens is 2. The summed E-state index contributed by atoms with van der Waals surface area (Å²) in [5.41, 5.74) is 3.88. The smallest absolute Gasteiger partial charge is 0.244 e. The zero-order valence-corrected chi connectivity index (χ0v) is 13.4. The van der Waals surface area contributed by atoms with Crippen LogP contribution in [0.5, 0.6) is 5.75 Å². The monoisotopic (exact) mass is 336 g/mol. The van der Waals surface area contributed by atoms with Crippen LogP contribution in [0.3, 0.4) is 0 Å². The summed E-state index contributed by atoms with van der Waals surface area (Å²) in [6.07, 6.45) is 1.65. The van der Waals surface area contributed by atoms with E-state index in [-0.39, 0.29) is 12.3 Å². The van der Waals surface area contributed by atoms with Crippen molar-refractivity contribution in [2.45, 2.75) is 6.42 Å². The van der Waals surface area contributed by atoms with Crippen LogP contribution in [0, 0.1) is 0 Å². The van der Waals surface area contributed by atoms with Gasteiger partial charge in [-0.3, -0.25) is 4.79 Å². The Morgan fingerprint density at radius 1 is 1.18 bits per heavy atom. The fourth-order valence-electron chi connectivity index (χ4n) is 1.77. The Labute approximate surface area is 138 Å². The first-order valence-electron chi connectivity index (χ1n) is 6.49. The molecule has 2 aromatic rings. The van der Waals surface area contributed by atoms with Gasteiger partial charge in [-0.25, -0.2) is 5.43 Å². The van der Waals surface area contributed by atoms with Crippen LogP contribution in [0.4, 0.5) is 0 Å². The molecule has 22 heavy (non-hydrogen) atoms. The zero-order valence-electron chi connectivity index (χ0n) is 11.8. The Balaban J connectivity index is 1.93. The van der Waals surface area contributed by atoms with Gasteiger partial charge >= 0.3 is 0 Å². The Bertz CT molecular complexity index is 665. The van der Waals surface area contributed by atoms with Crippen molar-refractivity contribution in [1.29, 1.82) is 0 Å². The highest BCUT2D eigenvalue weighted by Gasteiger charge is 2.04. The lowest BCUT2D eigenvalue weighted by molar-refractivity contribution is -0.120. The van der Waals surface area contributed by atoms with Crippen molar-refractivity contribution in [2.24, 2.45) is 5.10 Å². The van der Waals surface area contributed by atoms with Gasteiger partial charge in [0.05, 0.1) is 29.8 Å². The van der Waals surface area contributed by atoms with Gasteiger partial charge in [0.25, 0.3) is 0 Å². The second-order valence-corrected chi connectivity index (χ2v) is 5.27. The standard InChI is InChI=1S/C16H14Cl2N2O2/c1-22-12-7-5-11(6-8-12)9-16(21)20-19-10-13-14(17)3-2-4-15(13)18/h2-8,10H,9H2,1H3,(H,20,21)/b19-10+. The SMILES string of the molecule is COc1ccc(CC(=O)N/N=C/c2c(Cl)cccc2Cl)cc1. The highest BCUT2D eigenvalue weighted by Crippen LogP contribution is 2.22. The van der Waals surface area contributed by atoms with E-state index in [1.165, 1.54) is 6.21 Å². The molecule has 0 aliphatic rings. The molecule has 6 heteroatoms. The third-order valence-electron chi connectivity index (χ3n) is 2.91. The molecule has 1 N–H and O–H groups in total. The molecule has 0 heterocycles. The average molecular weight is 337 g/mol. The van der Waals surface area contributed by atoms with Crippen LogP contribution < -0.4 is 10.2 Å². The van der Waals surface area contributed by atoms with Crippen molar-refractivity contribution in [1.82, 2.24) is 5.43 Å². The zero-order chi connectivity index (χ0) is 15.9. The van der Waals surface area contributed by atoms with Crippen molar-refractivity contribution in [2.75, 3.05) is 7.11 Å². The Morgan fingerprint density at radius 3 is 2.41 bits per heavy atom. The second-order valence-electron chi connectivity index (χ2n) is 4.45. The largest absolute Gasteiger partial charge is 0.497 e. The molecule has 1 amide bonds. The van der Waals surface area contributed by atoms with E-state index in [4.69, 9.17) is 27.9 Å². The summed E-state index contributed by atoms with van der Waals surface area (Å²) in [5.74, 6) is 0.514. The number of methoxy groups -OCH3 is 1. The maximum Gasteiger partial charge on any atom is 0.244 e. The number of carbonyl (C=O) groups excluding carboxylic acids is 1. The number of nitrogens with zero attached hydrogens (tertiary/aromatic N) is 1. The third-order valence-corrected chi connectivity index (χ3v) is 3.57. The summed E-state index contributed by atoms with van der Waals surface area (Å²) in [4.78, 5) is 11.8. The van der Waals surface area contributed by atoms with Crippen LogP contribution >= 0.6 is 23.2 Å². The summed E-state index contributed by atoms with van der Waals surface area (Å²) in [5, 5.41) is 4.82. The molecule has 114 valence electrons. The maximum absolute atomic E-state index is 11.8. The van der Waals surface area contributed by atoms with Crippen LogP contribution in [0.25, 0.3) is 0 Å². The number of carbonyl (C=O) groups is 1. The predicted octanol–water partition coefficient (Wildman–Crippen LogP) is 3.69. The molecule has 0 unspecified atom stereocenters. The number of hydrogen-bond acceptors (Lipinski definition) is 3. The van der Waals surface area contributed by atoms with Crippen LogP contribution in [0.2, 0.25) is 10.0 Å². The number of benzene rings is 2. The lowest BCUT2D eigenvalue weighted by Crippen LogP contribution is -2.19. The van der Waals surface area contributed by atoms with E-state index in [1.807, 2.05) is 12.1 Å². The molecule has 2 rings (SSSR count). The van der Waals surface area contributed by atoms with E-state index >= 15 is 0 Å². The van der Waals surface area contributed by atoms with E-state index in [1.54, 1.807) is 37.4 Å². The van der Waals surface area contributed by atoms with Gasteiger partial charge in [-0.2, -0.15) is 5.10 Å². The van der Waals surface area contributed by atoms with Gasteiger partial charge in [-0.1, -0.05) is 41.4 Å². The van der Waals surface area contributed by atoms with E-state index in [9.17, 15) is 4.79 Å². The highest BCUT2D eigenvalue weighted by atomic mass is 35.5. The lowest BCUT2D eigenvalue weighted by Gasteiger charge is -2.03. The molecule has 0 fully saturated rings. The summed E-state index contributed by atoms with van der Waals surface area (Å²) >= 11 is 12.0. The maximum atomic E-state index is 11.8. The van der Waals surface area contributed by atoms with Crippen LogP contribution in [-0.4, -0.2) is 19.2 Å². The van der Waals surface area contributed by atoms with Gasteiger partial charge in [-0.05, 0) is 29.8 Å². The Hall–Kier alpha value is -2.04. The van der Waals surface area contributed by atoms with Crippen molar-refractivity contribution in [3.63, 3.8) is 0 Å². The molecule has 0 spiro atoms. The average Bonchev–Trinajstić information content (AvgIpc) is 2.51. The van der Waals surface area contributed by atoms with Crippen LogP contribution in [0.15, 0.2) is 47.6 Å². The van der Waals surface area contributed by atoms with Gasteiger partial charge in [0.1, 0.15) is 5.75 Å². The Morgan fingerprint density at radius 2 is 1.82 bits per heavy atom. The van der Waals surface area contributed by atoms with Crippen molar-refractivity contribution < 1.29 is 9.53 Å². The molecular weight excluding hydrogens is 323 g/mol. The number of ether oxygens (including phenoxy) is 1. The molecule has 0 aliphatic heterocycles. The van der Waals surface area contributed by atoms with Gasteiger partial charge < -0.3 is 4.74 Å². The minimum atomic E-state index is -0.232. The number of amides is 1. The first kappa shape index (κ1) is 16.3. The van der Waals surface area contributed by atoms with Gasteiger partial charge in [0.15, 0.2) is 0 Å². The first-order chi connectivity index (χ1) is 10.6. The number of hydrogen-bond donors (Lipinski definition) is 1. The molecule has 0 radical (unpaired) electrons. The van der Waals surface area contributed by atoms with E-state index in [0.717, 1.165) is 11.3 Å². The molecule has 0 aromatic heterocycles. The van der Waals surface area contributed by atoms with E-state index in [0.29, 0.717) is 15.6 Å². The summed E-state index contributed by atoms with van der Waals surface area (Å²) in [6, 6.07) is 12.4. The molecule has 0 aliphatic carbocycles. The molecule has 0 bridgehead atoms. The second kappa shape index (κ2) is 7.82. The van der Waals surface area contributed by atoms with Crippen molar-refractivity contribution in [3.05, 3.63) is 63.6 Å². The summed E-state index contributed by atoms with van der Waals surface area (Å²) in [7, 11) is 1.59. The fourth-order valence-corrected chi connectivity index (χ4v) is 2.27. The first-order valence-corrected chi connectivity index (χ1v) is 7.24. The van der Waals surface area contributed by atoms with E-state index < -0.39 is 0 Å². The van der Waals surface area contributed by atoms with Gasteiger partial charge in [0, 0.05) is 5.56 Å². The number of rotatable bonds is 5. The summed E-state index contributed by atoms with van der Waals surface area (Å²) in [6.45, 7) is 0. The quantitative estimate of drug-likeness (QED) is 0.668. The molecule has 4 nitrogen and oxygen atoms in total. The molecule has 0 saturated heterocycles. The van der Waals surface area contributed by atoms with Crippen molar-refractivity contribution in [3.8, 4) is 5.75 Å². The summed E-state index contributed by atoms with van der Waals surface area (Å²) < 4.78 is 5.06. The van der Waals surface area contributed by atoms with E-state index in [2.05, 4.69) is 10.5 Å². The van der Waals surface area contributed by atoms with Crippen LogP contribution in [0.1, 0.15) is 11.1 Å². The molecule has 0 atom stereocenters. The van der Waals surface area contributed by atoms with Crippen molar-refractivity contribution >= 4 is 35.3 Å².